The van der Waals surface area contributed by atoms with Crippen LogP contribution < -0.4 is 4.74 Å². The molecule has 0 unspecified atom stereocenters. The Labute approximate surface area is 99.9 Å². The van der Waals surface area contributed by atoms with Crippen molar-refractivity contribution in [2.75, 3.05) is 0 Å². The number of imidazole rings is 1. The Kier molecular flexibility index (Phi) is 3.42. The highest BCUT2D eigenvalue weighted by atomic mass is 19.1. The van der Waals surface area contributed by atoms with Crippen LogP contribution >= 0.6 is 0 Å². The molecule has 0 N–H and O–H groups in total. The minimum Gasteiger partial charge on any atom is -0.484 e. The number of halogens is 1. The molecule has 1 aromatic heterocycles. The van der Waals surface area contributed by atoms with Gasteiger partial charge in [0.05, 0.1) is 18.2 Å². The Hall–Kier alpha value is -1.84. The number of ether oxygens (including phenoxy) is 1. The van der Waals surface area contributed by atoms with Gasteiger partial charge in [-0.15, -0.1) is 0 Å². The molecule has 0 spiro atoms. The first kappa shape index (κ1) is 11.6. The Balaban J connectivity index is 2.09. The molecule has 0 amide bonds. The van der Waals surface area contributed by atoms with Crippen LogP contribution in [0.3, 0.4) is 0 Å². The Morgan fingerprint density at radius 2 is 2.24 bits per heavy atom. The number of aromatic nitrogens is 2. The summed E-state index contributed by atoms with van der Waals surface area (Å²) in [4.78, 5) is 4.03. The molecule has 4 heteroatoms. The molecule has 2 aromatic rings. The largest absolute Gasteiger partial charge is 0.484 e. The van der Waals surface area contributed by atoms with Crippen molar-refractivity contribution in [2.45, 2.75) is 27.0 Å². The predicted molar refractivity (Wildman–Crippen MR) is 63.4 cm³/mol. The second kappa shape index (κ2) is 4.99. The molecule has 2 rings (SSSR count). The topological polar surface area (TPSA) is 27.1 Å². The quantitative estimate of drug-likeness (QED) is 0.813. The molecule has 0 aliphatic rings. The van der Waals surface area contributed by atoms with Crippen LogP contribution in [-0.2, 0) is 13.2 Å². The van der Waals surface area contributed by atoms with Gasteiger partial charge in [-0.05, 0) is 31.5 Å². The van der Waals surface area contributed by atoms with E-state index in [0.29, 0.717) is 6.61 Å². The molecule has 0 saturated carbocycles. The van der Waals surface area contributed by atoms with E-state index in [-0.39, 0.29) is 11.6 Å². The second-order valence-corrected chi connectivity index (χ2v) is 3.89. The lowest BCUT2D eigenvalue weighted by atomic mass is 10.2. The number of benzene rings is 1. The van der Waals surface area contributed by atoms with E-state index in [9.17, 15) is 4.39 Å². The van der Waals surface area contributed by atoms with E-state index in [1.165, 1.54) is 6.07 Å². The van der Waals surface area contributed by atoms with Gasteiger partial charge in [0.25, 0.3) is 0 Å². The van der Waals surface area contributed by atoms with Gasteiger partial charge in [0.15, 0.2) is 11.6 Å². The van der Waals surface area contributed by atoms with Crippen LogP contribution in [0.2, 0.25) is 0 Å². The fourth-order valence-corrected chi connectivity index (χ4v) is 1.63. The average molecular weight is 234 g/mol. The van der Waals surface area contributed by atoms with Crippen molar-refractivity contribution in [3.05, 3.63) is 47.8 Å². The van der Waals surface area contributed by atoms with E-state index in [0.717, 1.165) is 17.8 Å². The first-order chi connectivity index (χ1) is 8.20. The molecule has 0 fully saturated rings. The van der Waals surface area contributed by atoms with E-state index >= 15 is 0 Å². The monoisotopic (exact) mass is 234 g/mol. The van der Waals surface area contributed by atoms with Crippen LogP contribution in [0.15, 0.2) is 30.7 Å². The summed E-state index contributed by atoms with van der Waals surface area (Å²) in [5.41, 5.74) is 1.92. The molecule has 0 saturated heterocycles. The van der Waals surface area contributed by atoms with Gasteiger partial charge in [0.2, 0.25) is 0 Å². The Morgan fingerprint density at radius 3 is 3.00 bits per heavy atom. The van der Waals surface area contributed by atoms with Gasteiger partial charge in [0, 0.05) is 6.54 Å². The summed E-state index contributed by atoms with van der Waals surface area (Å²) in [5.74, 6) is -0.0491. The Morgan fingerprint density at radius 1 is 1.41 bits per heavy atom. The molecule has 0 atom stereocenters. The van der Waals surface area contributed by atoms with Gasteiger partial charge < -0.3 is 9.30 Å². The SMILES string of the molecule is CCn1cncc1COc1cc(C)ccc1F. The molecule has 17 heavy (non-hydrogen) atoms. The molecule has 0 aliphatic heterocycles. The van der Waals surface area contributed by atoms with Crippen LogP contribution in [0.1, 0.15) is 18.2 Å². The fourth-order valence-electron chi connectivity index (χ4n) is 1.63. The summed E-state index contributed by atoms with van der Waals surface area (Å²) >= 11 is 0. The second-order valence-electron chi connectivity index (χ2n) is 3.89. The van der Waals surface area contributed by atoms with Crippen molar-refractivity contribution in [3.63, 3.8) is 0 Å². The van der Waals surface area contributed by atoms with Crippen LogP contribution in [0, 0.1) is 12.7 Å². The third-order valence-corrected chi connectivity index (χ3v) is 2.60. The molecule has 1 aromatic carbocycles. The molecule has 0 aliphatic carbocycles. The van der Waals surface area contributed by atoms with Crippen LogP contribution in [0.25, 0.3) is 0 Å². The summed E-state index contributed by atoms with van der Waals surface area (Å²) in [6.07, 6.45) is 3.47. The zero-order valence-electron chi connectivity index (χ0n) is 9.98. The van der Waals surface area contributed by atoms with E-state index in [2.05, 4.69) is 4.98 Å². The highest BCUT2D eigenvalue weighted by Gasteiger charge is 2.06. The maximum Gasteiger partial charge on any atom is 0.165 e. The summed E-state index contributed by atoms with van der Waals surface area (Å²) in [7, 11) is 0. The van der Waals surface area contributed by atoms with Gasteiger partial charge in [-0.25, -0.2) is 9.37 Å². The van der Waals surface area contributed by atoms with Crippen LogP contribution in [0.5, 0.6) is 5.75 Å². The fraction of sp³-hybridized carbons (Fsp3) is 0.308. The van der Waals surface area contributed by atoms with Gasteiger partial charge in [-0.2, -0.15) is 0 Å². The summed E-state index contributed by atoms with van der Waals surface area (Å²) in [6, 6.07) is 4.84. The first-order valence-electron chi connectivity index (χ1n) is 5.58. The first-order valence-corrected chi connectivity index (χ1v) is 5.58. The lowest BCUT2D eigenvalue weighted by molar-refractivity contribution is 0.280. The van der Waals surface area contributed by atoms with Crippen LogP contribution in [0.4, 0.5) is 4.39 Å². The molecule has 90 valence electrons. The minimum atomic E-state index is -0.335. The number of hydrogen-bond donors (Lipinski definition) is 0. The Bertz CT molecular complexity index is 508. The number of hydrogen-bond acceptors (Lipinski definition) is 2. The normalized spacial score (nSPS) is 10.5. The van der Waals surface area contributed by atoms with Crippen molar-refractivity contribution >= 4 is 0 Å². The third kappa shape index (κ3) is 2.64. The molecule has 3 nitrogen and oxygen atoms in total. The van der Waals surface area contributed by atoms with Gasteiger partial charge in [-0.3, -0.25) is 0 Å². The van der Waals surface area contributed by atoms with E-state index < -0.39 is 0 Å². The molecule has 0 bridgehead atoms. The maximum atomic E-state index is 13.4. The van der Waals surface area contributed by atoms with Crippen molar-refractivity contribution in [3.8, 4) is 5.75 Å². The number of rotatable bonds is 4. The summed E-state index contributed by atoms with van der Waals surface area (Å²) in [6.45, 7) is 5.09. The third-order valence-electron chi connectivity index (χ3n) is 2.60. The predicted octanol–water partition coefficient (Wildman–Crippen LogP) is 2.93. The highest BCUT2D eigenvalue weighted by Crippen LogP contribution is 2.19. The number of aryl methyl sites for hydroxylation is 2. The maximum absolute atomic E-state index is 13.4. The molecule has 0 radical (unpaired) electrons. The molecular weight excluding hydrogens is 219 g/mol. The zero-order chi connectivity index (χ0) is 12.3. The smallest absolute Gasteiger partial charge is 0.165 e. The van der Waals surface area contributed by atoms with Gasteiger partial charge in [-0.1, -0.05) is 6.07 Å². The lowest BCUT2D eigenvalue weighted by Gasteiger charge is -2.09. The summed E-state index contributed by atoms with van der Waals surface area (Å²) in [5, 5.41) is 0. The van der Waals surface area contributed by atoms with Crippen molar-refractivity contribution in [1.82, 2.24) is 9.55 Å². The zero-order valence-corrected chi connectivity index (χ0v) is 9.98. The standard InChI is InChI=1S/C13H15FN2O/c1-3-16-9-15-7-11(16)8-17-13-6-10(2)4-5-12(13)14/h4-7,9H,3,8H2,1-2H3. The van der Waals surface area contributed by atoms with E-state index in [1.807, 2.05) is 18.4 Å². The van der Waals surface area contributed by atoms with Crippen molar-refractivity contribution < 1.29 is 9.13 Å². The van der Waals surface area contributed by atoms with Gasteiger partial charge >= 0.3 is 0 Å². The van der Waals surface area contributed by atoms with Crippen LogP contribution in [-0.4, -0.2) is 9.55 Å². The lowest BCUT2D eigenvalue weighted by Crippen LogP contribution is -2.04. The number of nitrogens with zero attached hydrogens (tertiary/aromatic N) is 2. The summed E-state index contributed by atoms with van der Waals surface area (Å²) < 4.78 is 20.9. The van der Waals surface area contributed by atoms with E-state index in [1.54, 1.807) is 24.7 Å². The average Bonchev–Trinajstić information content (AvgIpc) is 2.77. The molecular formula is C13H15FN2O. The van der Waals surface area contributed by atoms with Crippen molar-refractivity contribution in [1.29, 1.82) is 0 Å². The highest BCUT2D eigenvalue weighted by molar-refractivity contribution is 5.29. The minimum absolute atomic E-state index is 0.286. The molecule has 1 heterocycles. The van der Waals surface area contributed by atoms with Crippen molar-refractivity contribution in [2.24, 2.45) is 0 Å². The van der Waals surface area contributed by atoms with Gasteiger partial charge in [0.1, 0.15) is 6.61 Å². The van der Waals surface area contributed by atoms with E-state index in [4.69, 9.17) is 4.74 Å².